The molecule has 1 rings (SSSR count). The van der Waals surface area contributed by atoms with Gasteiger partial charge >= 0.3 is 0 Å². The third kappa shape index (κ3) is 3.53. The summed E-state index contributed by atoms with van der Waals surface area (Å²) in [7, 11) is 0. The predicted molar refractivity (Wildman–Crippen MR) is 63.7 cm³/mol. The Labute approximate surface area is 88.4 Å². The summed E-state index contributed by atoms with van der Waals surface area (Å²) in [6.07, 6.45) is 1.25. The smallest absolute Gasteiger partial charge is 0.0185 e. The maximum absolute atomic E-state index is 2.32. The minimum absolute atomic E-state index is 0.420. The van der Waals surface area contributed by atoms with Gasteiger partial charge in [0.05, 0.1) is 0 Å². The van der Waals surface area contributed by atoms with Crippen molar-refractivity contribution in [3.05, 3.63) is 35.4 Å². The average molecular weight is 190 g/mol. The van der Waals surface area contributed by atoms with E-state index in [4.69, 9.17) is 0 Å². The monoisotopic (exact) mass is 190 g/mol. The summed E-state index contributed by atoms with van der Waals surface area (Å²) in [5.74, 6) is 0.662. The molecule has 0 N–H and O–H groups in total. The lowest BCUT2D eigenvalue weighted by Crippen LogP contribution is -2.09. The van der Waals surface area contributed by atoms with Crippen LogP contribution in [0.3, 0.4) is 0 Å². The van der Waals surface area contributed by atoms with Crippen molar-refractivity contribution in [2.24, 2.45) is 5.41 Å². The van der Waals surface area contributed by atoms with Gasteiger partial charge in [0, 0.05) is 0 Å². The molecule has 0 aromatic heterocycles. The Morgan fingerprint density at radius 1 is 1.21 bits per heavy atom. The lowest BCUT2D eigenvalue weighted by Gasteiger charge is -2.23. The lowest BCUT2D eigenvalue weighted by molar-refractivity contribution is 0.349. The zero-order chi connectivity index (χ0) is 10.8. The van der Waals surface area contributed by atoms with Crippen LogP contribution in [0.15, 0.2) is 24.3 Å². The standard InChI is InChI=1S/C14H22/c1-11-7-6-8-13(9-11)12(2)10-14(3,4)5/h6-9,12H,10H2,1-5H3. The van der Waals surface area contributed by atoms with Gasteiger partial charge in [-0.25, -0.2) is 0 Å². The molecule has 0 nitrogen and oxygen atoms in total. The van der Waals surface area contributed by atoms with E-state index in [0.29, 0.717) is 11.3 Å². The van der Waals surface area contributed by atoms with Gasteiger partial charge in [0.1, 0.15) is 0 Å². The van der Waals surface area contributed by atoms with Crippen LogP contribution in [0.1, 0.15) is 51.2 Å². The minimum atomic E-state index is 0.420. The third-order valence-corrected chi connectivity index (χ3v) is 2.53. The Morgan fingerprint density at radius 3 is 2.36 bits per heavy atom. The summed E-state index contributed by atoms with van der Waals surface area (Å²) in [5, 5.41) is 0. The van der Waals surface area contributed by atoms with Crippen LogP contribution in [0.25, 0.3) is 0 Å². The number of benzene rings is 1. The van der Waals surface area contributed by atoms with Gasteiger partial charge in [0.2, 0.25) is 0 Å². The molecule has 0 spiro atoms. The Kier molecular flexibility index (Phi) is 3.36. The van der Waals surface area contributed by atoms with Crippen LogP contribution in [0.5, 0.6) is 0 Å². The SMILES string of the molecule is Cc1cccc(C(C)CC(C)(C)C)c1. The Bertz CT molecular complexity index is 291. The molecule has 0 aliphatic heterocycles. The molecule has 0 heteroatoms. The largest absolute Gasteiger partial charge is 0.0617 e. The first-order chi connectivity index (χ1) is 6.38. The zero-order valence-corrected chi connectivity index (χ0v) is 10.1. The summed E-state index contributed by atoms with van der Waals surface area (Å²) < 4.78 is 0. The highest BCUT2D eigenvalue weighted by molar-refractivity contribution is 5.25. The molecule has 0 aliphatic carbocycles. The molecular weight excluding hydrogens is 168 g/mol. The number of aryl methyl sites for hydroxylation is 1. The summed E-state index contributed by atoms with van der Waals surface area (Å²) >= 11 is 0. The molecule has 1 aromatic carbocycles. The van der Waals surface area contributed by atoms with Crippen LogP contribution < -0.4 is 0 Å². The normalized spacial score (nSPS) is 14.1. The molecule has 0 amide bonds. The van der Waals surface area contributed by atoms with Crippen LogP contribution in [-0.4, -0.2) is 0 Å². The van der Waals surface area contributed by atoms with Crippen molar-refractivity contribution in [2.75, 3.05) is 0 Å². The van der Waals surface area contributed by atoms with Crippen molar-refractivity contribution in [1.29, 1.82) is 0 Å². The first-order valence-electron chi connectivity index (χ1n) is 5.45. The molecular formula is C14H22. The van der Waals surface area contributed by atoms with Gasteiger partial charge < -0.3 is 0 Å². The van der Waals surface area contributed by atoms with Gasteiger partial charge in [-0.2, -0.15) is 0 Å². The fourth-order valence-electron chi connectivity index (χ4n) is 2.01. The highest BCUT2D eigenvalue weighted by atomic mass is 14.2. The Balaban J connectivity index is 2.74. The molecule has 1 aromatic rings. The zero-order valence-electron chi connectivity index (χ0n) is 10.1. The van der Waals surface area contributed by atoms with E-state index in [2.05, 4.69) is 58.9 Å². The first kappa shape index (κ1) is 11.3. The van der Waals surface area contributed by atoms with Gasteiger partial charge in [-0.05, 0) is 30.2 Å². The Morgan fingerprint density at radius 2 is 1.86 bits per heavy atom. The summed E-state index contributed by atoms with van der Waals surface area (Å²) in [6.45, 7) is 11.4. The summed E-state index contributed by atoms with van der Waals surface area (Å²) in [6, 6.07) is 8.86. The van der Waals surface area contributed by atoms with Crippen molar-refractivity contribution >= 4 is 0 Å². The van der Waals surface area contributed by atoms with Gasteiger partial charge in [-0.1, -0.05) is 57.5 Å². The minimum Gasteiger partial charge on any atom is -0.0617 e. The molecule has 0 saturated carbocycles. The summed E-state index contributed by atoms with van der Waals surface area (Å²) in [4.78, 5) is 0. The second kappa shape index (κ2) is 4.16. The van der Waals surface area contributed by atoms with Crippen LogP contribution in [0, 0.1) is 12.3 Å². The van der Waals surface area contributed by atoms with Crippen LogP contribution >= 0.6 is 0 Å². The molecule has 0 fully saturated rings. The van der Waals surface area contributed by atoms with E-state index < -0.39 is 0 Å². The van der Waals surface area contributed by atoms with E-state index in [1.807, 2.05) is 0 Å². The molecule has 0 saturated heterocycles. The summed E-state index contributed by atoms with van der Waals surface area (Å²) in [5.41, 5.74) is 3.26. The molecule has 0 heterocycles. The Hall–Kier alpha value is -0.780. The number of hydrogen-bond donors (Lipinski definition) is 0. The molecule has 0 radical (unpaired) electrons. The predicted octanol–water partition coefficient (Wildman–Crippen LogP) is 4.53. The number of hydrogen-bond acceptors (Lipinski definition) is 0. The van der Waals surface area contributed by atoms with Crippen LogP contribution in [0.4, 0.5) is 0 Å². The van der Waals surface area contributed by atoms with Gasteiger partial charge in [-0.3, -0.25) is 0 Å². The highest BCUT2D eigenvalue weighted by Crippen LogP contribution is 2.30. The highest BCUT2D eigenvalue weighted by Gasteiger charge is 2.16. The van der Waals surface area contributed by atoms with Crippen molar-refractivity contribution in [3.8, 4) is 0 Å². The van der Waals surface area contributed by atoms with E-state index in [1.165, 1.54) is 17.5 Å². The van der Waals surface area contributed by atoms with Crippen LogP contribution in [-0.2, 0) is 0 Å². The van der Waals surface area contributed by atoms with Gasteiger partial charge in [0.25, 0.3) is 0 Å². The third-order valence-electron chi connectivity index (χ3n) is 2.53. The lowest BCUT2D eigenvalue weighted by atomic mass is 9.82. The second-order valence-electron chi connectivity index (χ2n) is 5.58. The first-order valence-corrected chi connectivity index (χ1v) is 5.45. The molecule has 14 heavy (non-hydrogen) atoms. The fourth-order valence-corrected chi connectivity index (χ4v) is 2.01. The quantitative estimate of drug-likeness (QED) is 0.642. The second-order valence-corrected chi connectivity index (χ2v) is 5.58. The van der Waals surface area contributed by atoms with Crippen molar-refractivity contribution < 1.29 is 0 Å². The van der Waals surface area contributed by atoms with E-state index >= 15 is 0 Å². The molecule has 0 bridgehead atoms. The van der Waals surface area contributed by atoms with E-state index in [9.17, 15) is 0 Å². The van der Waals surface area contributed by atoms with Gasteiger partial charge in [0.15, 0.2) is 0 Å². The van der Waals surface area contributed by atoms with Crippen molar-refractivity contribution in [3.63, 3.8) is 0 Å². The van der Waals surface area contributed by atoms with E-state index in [0.717, 1.165) is 0 Å². The average Bonchev–Trinajstić information content (AvgIpc) is 2.01. The van der Waals surface area contributed by atoms with Crippen molar-refractivity contribution in [2.45, 2.75) is 47.0 Å². The number of rotatable bonds is 2. The molecule has 0 aliphatic rings. The van der Waals surface area contributed by atoms with E-state index in [1.54, 1.807) is 0 Å². The topological polar surface area (TPSA) is 0 Å². The molecule has 1 atom stereocenters. The van der Waals surface area contributed by atoms with E-state index in [-0.39, 0.29) is 0 Å². The van der Waals surface area contributed by atoms with Crippen molar-refractivity contribution in [1.82, 2.24) is 0 Å². The fraction of sp³-hybridized carbons (Fsp3) is 0.571. The maximum atomic E-state index is 2.32. The van der Waals surface area contributed by atoms with Gasteiger partial charge in [-0.15, -0.1) is 0 Å². The molecule has 1 unspecified atom stereocenters. The molecule has 78 valence electrons. The van der Waals surface area contributed by atoms with Crippen LogP contribution in [0.2, 0.25) is 0 Å². The maximum Gasteiger partial charge on any atom is -0.0185 e.